The SMILES string of the molecule is CC(=O)NCc1ccc2c(c1)N(C(C)=O)CC2. The summed E-state index contributed by atoms with van der Waals surface area (Å²) < 4.78 is 0. The van der Waals surface area contributed by atoms with Crippen LogP contribution in [0.5, 0.6) is 0 Å². The van der Waals surface area contributed by atoms with Gasteiger partial charge in [-0.15, -0.1) is 0 Å². The molecule has 1 aromatic carbocycles. The summed E-state index contributed by atoms with van der Waals surface area (Å²) in [5.74, 6) is 0.0225. The molecule has 2 amide bonds. The van der Waals surface area contributed by atoms with Crippen molar-refractivity contribution in [2.45, 2.75) is 26.8 Å². The Morgan fingerprint density at radius 2 is 2.12 bits per heavy atom. The van der Waals surface area contributed by atoms with Crippen LogP contribution in [0, 0.1) is 0 Å². The fourth-order valence-corrected chi connectivity index (χ4v) is 2.09. The van der Waals surface area contributed by atoms with E-state index in [0.29, 0.717) is 6.54 Å². The van der Waals surface area contributed by atoms with Crippen molar-refractivity contribution in [3.05, 3.63) is 29.3 Å². The number of benzene rings is 1. The molecule has 0 bridgehead atoms. The summed E-state index contributed by atoms with van der Waals surface area (Å²) in [6.45, 7) is 4.34. The van der Waals surface area contributed by atoms with Gasteiger partial charge in [0.15, 0.2) is 0 Å². The maximum Gasteiger partial charge on any atom is 0.223 e. The summed E-state index contributed by atoms with van der Waals surface area (Å²) in [5, 5.41) is 2.75. The van der Waals surface area contributed by atoms with Crippen molar-refractivity contribution >= 4 is 17.5 Å². The standard InChI is InChI=1S/C13H16N2O2/c1-9(16)14-8-11-3-4-12-5-6-15(10(2)17)13(12)7-11/h3-4,7H,5-6,8H2,1-2H3,(H,14,16). The summed E-state index contributed by atoms with van der Waals surface area (Å²) >= 11 is 0. The molecule has 90 valence electrons. The highest BCUT2D eigenvalue weighted by Crippen LogP contribution is 2.28. The zero-order valence-electron chi connectivity index (χ0n) is 10.1. The van der Waals surface area contributed by atoms with E-state index in [9.17, 15) is 9.59 Å². The predicted molar refractivity (Wildman–Crippen MR) is 65.7 cm³/mol. The fraction of sp³-hybridized carbons (Fsp3) is 0.385. The van der Waals surface area contributed by atoms with Crippen LogP contribution in [-0.4, -0.2) is 18.4 Å². The number of fused-ring (bicyclic) bond motifs is 1. The van der Waals surface area contributed by atoms with Crippen molar-refractivity contribution in [3.8, 4) is 0 Å². The lowest BCUT2D eigenvalue weighted by molar-refractivity contribution is -0.119. The number of carbonyl (C=O) groups is 2. The molecule has 0 radical (unpaired) electrons. The molecule has 17 heavy (non-hydrogen) atoms. The fourth-order valence-electron chi connectivity index (χ4n) is 2.09. The Kier molecular flexibility index (Phi) is 3.13. The van der Waals surface area contributed by atoms with Crippen molar-refractivity contribution < 1.29 is 9.59 Å². The lowest BCUT2D eigenvalue weighted by atomic mass is 10.1. The molecule has 1 aromatic rings. The van der Waals surface area contributed by atoms with Crippen LogP contribution in [0.15, 0.2) is 18.2 Å². The van der Waals surface area contributed by atoms with Crippen molar-refractivity contribution in [1.82, 2.24) is 5.32 Å². The first kappa shape index (κ1) is 11.6. The Bertz CT molecular complexity index is 468. The lowest BCUT2D eigenvalue weighted by Crippen LogP contribution is -2.26. The van der Waals surface area contributed by atoms with Gasteiger partial charge < -0.3 is 10.2 Å². The largest absolute Gasteiger partial charge is 0.352 e. The van der Waals surface area contributed by atoms with Gasteiger partial charge in [0, 0.05) is 32.6 Å². The van der Waals surface area contributed by atoms with E-state index >= 15 is 0 Å². The number of nitrogens with zero attached hydrogens (tertiary/aromatic N) is 1. The monoisotopic (exact) mass is 232 g/mol. The number of amides is 2. The highest BCUT2D eigenvalue weighted by atomic mass is 16.2. The second-order valence-electron chi connectivity index (χ2n) is 4.29. The van der Waals surface area contributed by atoms with Gasteiger partial charge in [0.05, 0.1) is 0 Å². The Hall–Kier alpha value is -1.84. The summed E-state index contributed by atoms with van der Waals surface area (Å²) in [5.41, 5.74) is 3.21. The zero-order valence-corrected chi connectivity index (χ0v) is 10.1. The average molecular weight is 232 g/mol. The Labute approximate surface area is 101 Å². The molecule has 4 nitrogen and oxygen atoms in total. The topological polar surface area (TPSA) is 49.4 Å². The average Bonchev–Trinajstić information content (AvgIpc) is 2.69. The number of nitrogens with one attached hydrogen (secondary N) is 1. The molecule has 0 unspecified atom stereocenters. The smallest absolute Gasteiger partial charge is 0.223 e. The first-order valence-corrected chi connectivity index (χ1v) is 5.72. The molecule has 0 spiro atoms. The second kappa shape index (κ2) is 4.57. The molecule has 1 N–H and O–H groups in total. The van der Waals surface area contributed by atoms with Crippen LogP contribution in [0.2, 0.25) is 0 Å². The van der Waals surface area contributed by atoms with Crippen LogP contribution in [0.25, 0.3) is 0 Å². The Balaban J connectivity index is 2.20. The quantitative estimate of drug-likeness (QED) is 0.833. The lowest BCUT2D eigenvalue weighted by Gasteiger charge is -2.15. The van der Waals surface area contributed by atoms with Crippen molar-refractivity contribution in [3.63, 3.8) is 0 Å². The molecule has 0 aliphatic carbocycles. The highest BCUT2D eigenvalue weighted by molar-refractivity contribution is 5.93. The predicted octanol–water partition coefficient (Wildman–Crippen LogP) is 1.23. The molecule has 0 aromatic heterocycles. The van der Waals surface area contributed by atoms with E-state index in [4.69, 9.17) is 0 Å². The van der Waals surface area contributed by atoms with Gasteiger partial charge in [-0.1, -0.05) is 12.1 Å². The number of hydrogen-bond donors (Lipinski definition) is 1. The van der Waals surface area contributed by atoms with Crippen molar-refractivity contribution in [1.29, 1.82) is 0 Å². The third-order valence-electron chi connectivity index (χ3n) is 2.97. The van der Waals surface area contributed by atoms with Gasteiger partial charge in [0.25, 0.3) is 0 Å². The van der Waals surface area contributed by atoms with Gasteiger partial charge in [0.2, 0.25) is 11.8 Å². The van der Waals surface area contributed by atoms with Crippen LogP contribution in [-0.2, 0) is 22.6 Å². The number of hydrogen-bond acceptors (Lipinski definition) is 2. The molecule has 1 aliphatic rings. The third-order valence-corrected chi connectivity index (χ3v) is 2.97. The Morgan fingerprint density at radius 3 is 2.76 bits per heavy atom. The van der Waals surface area contributed by atoms with E-state index in [1.54, 1.807) is 11.8 Å². The molecule has 0 saturated heterocycles. The summed E-state index contributed by atoms with van der Waals surface area (Å²) in [4.78, 5) is 24.1. The van der Waals surface area contributed by atoms with Crippen LogP contribution in [0.1, 0.15) is 25.0 Å². The van der Waals surface area contributed by atoms with Gasteiger partial charge in [-0.05, 0) is 23.6 Å². The number of anilines is 1. The highest BCUT2D eigenvalue weighted by Gasteiger charge is 2.21. The minimum atomic E-state index is -0.0473. The van der Waals surface area contributed by atoms with Crippen LogP contribution < -0.4 is 10.2 Å². The van der Waals surface area contributed by atoms with Gasteiger partial charge in [-0.25, -0.2) is 0 Å². The molecule has 0 saturated carbocycles. The summed E-state index contributed by atoms with van der Waals surface area (Å²) in [7, 11) is 0. The molecule has 1 aliphatic heterocycles. The van der Waals surface area contributed by atoms with E-state index < -0.39 is 0 Å². The summed E-state index contributed by atoms with van der Waals surface area (Å²) in [6.07, 6.45) is 0.912. The maximum atomic E-state index is 11.4. The van der Waals surface area contributed by atoms with Crippen molar-refractivity contribution in [2.75, 3.05) is 11.4 Å². The van der Waals surface area contributed by atoms with Crippen molar-refractivity contribution in [2.24, 2.45) is 0 Å². The van der Waals surface area contributed by atoms with Gasteiger partial charge in [-0.3, -0.25) is 9.59 Å². The van der Waals surface area contributed by atoms with E-state index in [1.165, 1.54) is 12.5 Å². The molecule has 1 heterocycles. The molecular formula is C13H16N2O2. The van der Waals surface area contributed by atoms with E-state index in [-0.39, 0.29) is 11.8 Å². The van der Waals surface area contributed by atoms with Crippen LogP contribution >= 0.6 is 0 Å². The normalized spacial score (nSPS) is 13.4. The zero-order chi connectivity index (χ0) is 12.4. The minimum Gasteiger partial charge on any atom is -0.352 e. The van der Waals surface area contributed by atoms with Gasteiger partial charge in [-0.2, -0.15) is 0 Å². The first-order valence-electron chi connectivity index (χ1n) is 5.72. The van der Waals surface area contributed by atoms with Crippen LogP contribution in [0.3, 0.4) is 0 Å². The molecule has 0 fully saturated rings. The third kappa shape index (κ3) is 2.46. The summed E-state index contributed by atoms with van der Waals surface area (Å²) in [6, 6.07) is 6.02. The number of rotatable bonds is 2. The number of carbonyl (C=O) groups excluding carboxylic acids is 2. The first-order chi connectivity index (χ1) is 8.08. The van der Waals surface area contributed by atoms with E-state index in [0.717, 1.165) is 24.2 Å². The van der Waals surface area contributed by atoms with Crippen LogP contribution in [0.4, 0.5) is 5.69 Å². The maximum absolute atomic E-state index is 11.4. The Morgan fingerprint density at radius 1 is 1.35 bits per heavy atom. The van der Waals surface area contributed by atoms with E-state index in [2.05, 4.69) is 5.32 Å². The van der Waals surface area contributed by atoms with Gasteiger partial charge >= 0.3 is 0 Å². The molecular weight excluding hydrogens is 216 g/mol. The van der Waals surface area contributed by atoms with E-state index in [1.807, 2.05) is 18.2 Å². The molecule has 0 atom stereocenters. The van der Waals surface area contributed by atoms with Gasteiger partial charge in [0.1, 0.15) is 0 Å². The minimum absolute atomic E-state index is 0.0473. The molecule has 2 rings (SSSR count). The second-order valence-corrected chi connectivity index (χ2v) is 4.29. The molecule has 4 heteroatoms.